The predicted molar refractivity (Wildman–Crippen MR) is 108 cm³/mol. The molecule has 0 spiro atoms. The highest BCUT2D eigenvalue weighted by Crippen LogP contribution is 2.39. The Balaban J connectivity index is 1.74. The van der Waals surface area contributed by atoms with Crippen molar-refractivity contribution in [1.82, 2.24) is 4.98 Å². The number of aromatic nitrogens is 1. The van der Waals surface area contributed by atoms with E-state index in [0.29, 0.717) is 16.5 Å². The summed E-state index contributed by atoms with van der Waals surface area (Å²) in [6.45, 7) is 0.00773. The van der Waals surface area contributed by atoms with Gasteiger partial charge in [-0.15, -0.1) is 11.3 Å². The van der Waals surface area contributed by atoms with Crippen LogP contribution >= 0.6 is 27.3 Å². The molecule has 3 aromatic rings. The molecule has 7 nitrogen and oxygen atoms in total. The van der Waals surface area contributed by atoms with E-state index in [4.69, 9.17) is 9.47 Å². The quantitative estimate of drug-likeness (QED) is 0.301. The van der Waals surface area contributed by atoms with Crippen molar-refractivity contribution in [1.29, 1.82) is 5.26 Å². The number of rotatable bonds is 4. The standard InChI is InChI=1S/C19H10BrN3O4S/c20-14-3-1-11(2-4-14)15-9-28-19(22-15)13(8-21)5-12-6-17-18(27-10-26-17)7-16(12)23(24)25/h1-7,9H,10H2. The van der Waals surface area contributed by atoms with Crippen molar-refractivity contribution < 1.29 is 14.4 Å². The third-order valence-corrected chi connectivity index (χ3v) is 5.42. The highest BCUT2D eigenvalue weighted by Gasteiger charge is 2.23. The molecule has 4 rings (SSSR count). The fraction of sp³-hybridized carbons (Fsp3) is 0.0526. The van der Waals surface area contributed by atoms with Crippen LogP contribution in [0.2, 0.25) is 0 Å². The molecular weight excluding hydrogens is 446 g/mol. The highest BCUT2D eigenvalue weighted by atomic mass is 79.9. The van der Waals surface area contributed by atoms with Gasteiger partial charge in [-0.25, -0.2) is 4.98 Å². The largest absolute Gasteiger partial charge is 0.454 e. The molecule has 0 atom stereocenters. The molecule has 0 bridgehead atoms. The van der Waals surface area contributed by atoms with Gasteiger partial charge in [-0.3, -0.25) is 10.1 Å². The minimum Gasteiger partial charge on any atom is -0.454 e. The first-order valence-electron chi connectivity index (χ1n) is 7.97. The van der Waals surface area contributed by atoms with E-state index in [2.05, 4.69) is 27.0 Å². The number of nitrogens with zero attached hydrogens (tertiary/aromatic N) is 3. The van der Waals surface area contributed by atoms with Gasteiger partial charge in [0.05, 0.1) is 27.8 Å². The maximum Gasteiger partial charge on any atom is 0.280 e. The van der Waals surface area contributed by atoms with E-state index in [0.717, 1.165) is 15.7 Å². The zero-order valence-electron chi connectivity index (χ0n) is 14.1. The number of hydrogen-bond acceptors (Lipinski definition) is 7. The zero-order chi connectivity index (χ0) is 19.7. The molecule has 2 aromatic carbocycles. The van der Waals surface area contributed by atoms with Crippen molar-refractivity contribution in [3.63, 3.8) is 0 Å². The SMILES string of the molecule is N#CC(=Cc1cc2c(cc1[N+](=O)[O-])OCO2)c1nc(-c2ccc(Br)cc2)cs1. The second-order valence-corrected chi connectivity index (χ2v) is 7.51. The smallest absolute Gasteiger partial charge is 0.280 e. The first-order valence-corrected chi connectivity index (χ1v) is 9.64. The van der Waals surface area contributed by atoms with Gasteiger partial charge < -0.3 is 9.47 Å². The lowest BCUT2D eigenvalue weighted by molar-refractivity contribution is -0.385. The van der Waals surface area contributed by atoms with Crippen LogP contribution in [0.15, 0.2) is 46.3 Å². The number of halogens is 1. The summed E-state index contributed by atoms with van der Waals surface area (Å²) in [4.78, 5) is 15.4. The molecule has 0 radical (unpaired) electrons. The number of nitro benzene ring substituents is 1. The summed E-state index contributed by atoms with van der Waals surface area (Å²) in [5.41, 5.74) is 1.97. The third-order valence-electron chi connectivity index (χ3n) is 4.01. The molecule has 0 N–H and O–H groups in total. The van der Waals surface area contributed by atoms with Gasteiger partial charge in [-0.05, 0) is 24.3 Å². The molecule has 1 aromatic heterocycles. The summed E-state index contributed by atoms with van der Waals surface area (Å²) in [6, 6.07) is 12.5. The maximum absolute atomic E-state index is 11.4. The molecule has 1 aliphatic heterocycles. The summed E-state index contributed by atoms with van der Waals surface area (Å²) in [7, 11) is 0. The van der Waals surface area contributed by atoms with Crippen molar-refractivity contribution in [2.45, 2.75) is 0 Å². The molecule has 0 saturated heterocycles. The van der Waals surface area contributed by atoms with E-state index in [1.54, 1.807) is 0 Å². The molecule has 28 heavy (non-hydrogen) atoms. The van der Waals surface area contributed by atoms with Crippen LogP contribution in [0.3, 0.4) is 0 Å². The van der Waals surface area contributed by atoms with Crippen molar-refractivity contribution in [3.05, 3.63) is 66.9 Å². The van der Waals surface area contributed by atoms with Gasteiger partial charge in [0.1, 0.15) is 11.1 Å². The van der Waals surface area contributed by atoms with Crippen LogP contribution in [0.25, 0.3) is 22.9 Å². The average molecular weight is 456 g/mol. The van der Waals surface area contributed by atoms with Crippen LogP contribution in [-0.2, 0) is 0 Å². The van der Waals surface area contributed by atoms with Gasteiger partial charge in [0.15, 0.2) is 11.5 Å². The molecular formula is C19H10BrN3O4S. The molecule has 138 valence electrons. The van der Waals surface area contributed by atoms with E-state index >= 15 is 0 Å². The lowest BCUT2D eigenvalue weighted by atomic mass is 10.1. The number of ether oxygens (including phenoxy) is 2. The Morgan fingerprint density at radius 2 is 2.00 bits per heavy atom. The summed E-state index contributed by atoms with van der Waals surface area (Å²) in [5, 5.41) is 23.3. The molecule has 1 aliphatic rings. The Bertz CT molecular complexity index is 1150. The maximum atomic E-state index is 11.4. The Morgan fingerprint density at radius 1 is 1.29 bits per heavy atom. The Labute approximate surface area is 171 Å². The van der Waals surface area contributed by atoms with E-state index in [1.807, 2.05) is 29.6 Å². The second-order valence-electron chi connectivity index (χ2n) is 5.74. The third kappa shape index (κ3) is 3.47. The zero-order valence-corrected chi connectivity index (χ0v) is 16.5. The van der Waals surface area contributed by atoms with Crippen molar-refractivity contribution >= 4 is 44.6 Å². The number of nitro groups is 1. The van der Waals surface area contributed by atoms with Crippen LogP contribution in [0.1, 0.15) is 10.6 Å². The van der Waals surface area contributed by atoms with Crippen LogP contribution in [-0.4, -0.2) is 16.7 Å². The lowest BCUT2D eigenvalue weighted by Crippen LogP contribution is -1.93. The Morgan fingerprint density at radius 3 is 2.68 bits per heavy atom. The van der Waals surface area contributed by atoms with Crippen LogP contribution < -0.4 is 9.47 Å². The van der Waals surface area contributed by atoms with Gasteiger partial charge in [0.25, 0.3) is 5.69 Å². The summed E-state index contributed by atoms with van der Waals surface area (Å²) < 4.78 is 11.4. The van der Waals surface area contributed by atoms with Crippen molar-refractivity contribution in [3.8, 4) is 28.8 Å². The predicted octanol–water partition coefficient (Wildman–Crippen LogP) is 5.27. The summed E-state index contributed by atoms with van der Waals surface area (Å²) >= 11 is 4.69. The van der Waals surface area contributed by atoms with Crippen LogP contribution in [0.5, 0.6) is 11.5 Å². The van der Waals surface area contributed by atoms with Gasteiger partial charge in [0.2, 0.25) is 6.79 Å². The molecule has 2 heterocycles. The van der Waals surface area contributed by atoms with Crippen molar-refractivity contribution in [2.24, 2.45) is 0 Å². The van der Waals surface area contributed by atoms with E-state index < -0.39 is 4.92 Å². The fourth-order valence-corrected chi connectivity index (χ4v) is 3.73. The second kappa shape index (κ2) is 7.42. The Kier molecular flexibility index (Phi) is 4.81. The number of benzene rings is 2. The van der Waals surface area contributed by atoms with E-state index in [-0.39, 0.29) is 23.6 Å². The van der Waals surface area contributed by atoms with Gasteiger partial charge >= 0.3 is 0 Å². The number of hydrogen-bond donors (Lipinski definition) is 0. The molecule has 9 heteroatoms. The van der Waals surface area contributed by atoms with E-state index in [1.165, 1.54) is 29.5 Å². The first-order chi connectivity index (χ1) is 13.5. The van der Waals surface area contributed by atoms with E-state index in [9.17, 15) is 15.4 Å². The number of nitriles is 1. The summed E-state index contributed by atoms with van der Waals surface area (Å²) in [6.07, 6.45) is 1.45. The van der Waals surface area contributed by atoms with Crippen molar-refractivity contribution in [2.75, 3.05) is 6.79 Å². The number of thiazole rings is 1. The summed E-state index contributed by atoms with van der Waals surface area (Å²) in [5.74, 6) is 0.720. The fourth-order valence-electron chi connectivity index (χ4n) is 2.67. The molecule has 0 aliphatic carbocycles. The minimum absolute atomic E-state index is 0.00773. The van der Waals surface area contributed by atoms with Gasteiger partial charge in [0, 0.05) is 15.4 Å². The molecule has 0 saturated carbocycles. The number of allylic oxidation sites excluding steroid dienone is 1. The molecule has 0 amide bonds. The van der Waals surface area contributed by atoms with Crippen LogP contribution in [0.4, 0.5) is 5.69 Å². The normalized spacial score (nSPS) is 12.6. The highest BCUT2D eigenvalue weighted by molar-refractivity contribution is 9.10. The minimum atomic E-state index is -0.516. The molecule has 0 fully saturated rings. The van der Waals surface area contributed by atoms with Crippen LogP contribution in [0, 0.1) is 21.4 Å². The monoisotopic (exact) mass is 455 g/mol. The first kappa shape index (κ1) is 18.2. The average Bonchev–Trinajstić information content (AvgIpc) is 3.35. The number of fused-ring (bicyclic) bond motifs is 1. The lowest BCUT2D eigenvalue weighted by Gasteiger charge is -2.02. The van der Waals surface area contributed by atoms with Gasteiger partial charge in [-0.2, -0.15) is 5.26 Å². The van der Waals surface area contributed by atoms with Gasteiger partial charge in [-0.1, -0.05) is 28.1 Å². The molecule has 0 unspecified atom stereocenters. The topological polar surface area (TPSA) is 98.3 Å². The Hall–Kier alpha value is -3.22.